The average molecular weight is 357 g/mol. The zero-order valence-corrected chi connectivity index (χ0v) is 14.4. The first-order valence-electron chi connectivity index (χ1n) is 8.28. The SMILES string of the molecule is Cn1cc(/C=C/C(=O)N2CCN(C(=O)Nc3ccc(F)cc3)CC2)cn1. The third-order valence-corrected chi connectivity index (χ3v) is 4.12. The largest absolute Gasteiger partial charge is 0.336 e. The molecule has 0 radical (unpaired) electrons. The van der Waals surface area contributed by atoms with Crippen molar-refractivity contribution >= 4 is 23.7 Å². The van der Waals surface area contributed by atoms with E-state index in [1.807, 2.05) is 13.2 Å². The fourth-order valence-electron chi connectivity index (χ4n) is 2.66. The minimum atomic E-state index is -0.352. The van der Waals surface area contributed by atoms with Crippen LogP contribution in [0, 0.1) is 5.82 Å². The molecule has 7 nitrogen and oxygen atoms in total. The molecule has 1 N–H and O–H groups in total. The van der Waals surface area contributed by atoms with E-state index in [9.17, 15) is 14.0 Å². The van der Waals surface area contributed by atoms with Crippen molar-refractivity contribution < 1.29 is 14.0 Å². The van der Waals surface area contributed by atoms with Gasteiger partial charge in [0.2, 0.25) is 5.91 Å². The minimum absolute atomic E-state index is 0.0903. The Balaban J connectivity index is 1.48. The fraction of sp³-hybridized carbons (Fsp3) is 0.278. The molecule has 2 heterocycles. The molecule has 1 aliphatic heterocycles. The van der Waals surface area contributed by atoms with Crippen LogP contribution < -0.4 is 5.32 Å². The Hall–Kier alpha value is -3.16. The molecule has 1 fully saturated rings. The number of anilines is 1. The van der Waals surface area contributed by atoms with Crippen LogP contribution in [0.25, 0.3) is 6.08 Å². The number of rotatable bonds is 3. The molecule has 0 aliphatic carbocycles. The van der Waals surface area contributed by atoms with Crippen LogP contribution in [0.3, 0.4) is 0 Å². The lowest BCUT2D eigenvalue weighted by atomic mass is 10.2. The van der Waals surface area contributed by atoms with Crippen molar-refractivity contribution in [3.63, 3.8) is 0 Å². The minimum Gasteiger partial charge on any atom is -0.336 e. The molecule has 0 unspecified atom stereocenters. The molecule has 0 spiro atoms. The van der Waals surface area contributed by atoms with Gasteiger partial charge in [0.05, 0.1) is 6.20 Å². The topological polar surface area (TPSA) is 70.5 Å². The molecule has 2 aromatic rings. The Morgan fingerprint density at radius 3 is 2.38 bits per heavy atom. The lowest BCUT2D eigenvalue weighted by Crippen LogP contribution is -2.51. The molecule has 1 aromatic heterocycles. The molecule has 136 valence electrons. The lowest BCUT2D eigenvalue weighted by Gasteiger charge is -2.34. The van der Waals surface area contributed by atoms with Crippen LogP contribution in [0.2, 0.25) is 0 Å². The summed E-state index contributed by atoms with van der Waals surface area (Å²) < 4.78 is 14.6. The van der Waals surface area contributed by atoms with Crippen LogP contribution in [-0.2, 0) is 11.8 Å². The number of nitrogens with zero attached hydrogens (tertiary/aromatic N) is 4. The van der Waals surface area contributed by atoms with E-state index < -0.39 is 0 Å². The van der Waals surface area contributed by atoms with Crippen LogP contribution in [-0.4, -0.2) is 57.7 Å². The molecule has 8 heteroatoms. The molecule has 1 aromatic carbocycles. The third kappa shape index (κ3) is 4.47. The fourth-order valence-corrected chi connectivity index (χ4v) is 2.66. The number of urea groups is 1. The lowest BCUT2D eigenvalue weighted by molar-refractivity contribution is -0.127. The van der Waals surface area contributed by atoms with Gasteiger partial charge in [-0.2, -0.15) is 5.10 Å². The number of carbonyl (C=O) groups excluding carboxylic acids is 2. The number of carbonyl (C=O) groups is 2. The summed E-state index contributed by atoms with van der Waals surface area (Å²) in [6, 6.07) is 5.35. The quantitative estimate of drug-likeness (QED) is 0.854. The summed E-state index contributed by atoms with van der Waals surface area (Å²) in [5, 5.41) is 6.77. The van der Waals surface area contributed by atoms with Crippen molar-refractivity contribution in [1.82, 2.24) is 19.6 Å². The first kappa shape index (κ1) is 17.7. The van der Waals surface area contributed by atoms with Gasteiger partial charge in [-0.05, 0) is 30.3 Å². The number of aromatic nitrogens is 2. The van der Waals surface area contributed by atoms with Gasteiger partial charge in [0.1, 0.15) is 5.82 Å². The maximum absolute atomic E-state index is 12.9. The molecule has 3 amide bonds. The van der Waals surface area contributed by atoms with Crippen molar-refractivity contribution in [1.29, 1.82) is 0 Å². The van der Waals surface area contributed by atoms with E-state index in [0.717, 1.165) is 5.56 Å². The summed E-state index contributed by atoms with van der Waals surface area (Å²) in [6.07, 6.45) is 6.75. The normalized spacial score (nSPS) is 14.7. The van der Waals surface area contributed by atoms with Gasteiger partial charge >= 0.3 is 6.03 Å². The van der Waals surface area contributed by atoms with Crippen LogP contribution in [0.5, 0.6) is 0 Å². The van der Waals surface area contributed by atoms with E-state index in [1.54, 1.807) is 26.8 Å². The number of piperazine rings is 1. The van der Waals surface area contributed by atoms with Crippen molar-refractivity contribution in [2.75, 3.05) is 31.5 Å². The standard InChI is InChI=1S/C18H20FN5O2/c1-22-13-14(12-20-22)2-7-17(25)23-8-10-24(11-9-23)18(26)21-16-5-3-15(19)4-6-16/h2-7,12-13H,8-11H2,1H3,(H,21,26)/b7-2+. The summed E-state index contributed by atoms with van der Waals surface area (Å²) in [4.78, 5) is 27.8. The number of hydrogen-bond donors (Lipinski definition) is 1. The third-order valence-electron chi connectivity index (χ3n) is 4.12. The predicted octanol–water partition coefficient (Wildman–Crippen LogP) is 1.95. The van der Waals surface area contributed by atoms with Gasteiger partial charge in [0, 0.05) is 56.8 Å². The molecule has 0 saturated carbocycles. The van der Waals surface area contributed by atoms with E-state index in [-0.39, 0.29) is 17.8 Å². The Morgan fingerprint density at radius 1 is 1.12 bits per heavy atom. The number of benzene rings is 1. The van der Waals surface area contributed by atoms with Crippen LogP contribution >= 0.6 is 0 Å². The molecule has 3 rings (SSSR count). The van der Waals surface area contributed by atoms with Crippen molar-refractivity contribution in [2.24, 2.45) is 7.05 Å². The van der Waals surface area contributed by atoms with E-state index in [2.05, 4.69) is 10.4 Å². The number of hydrogen-bond acceptors (Lipinski definition) is 3. The monoisotopic (exact) mass is 357 g/mol. The van der Waals surface area contributed by atoms with E-state index >= 15 is 0 Å². The zero-order chi connectivity index (χ0) is 18.5. The summed E-state index contributed by atoms with van der Waals surface area (Å²) in [7, 11) is 1.81. The molecule has 26 heavy (non-hydrogen) atoms. The molecule has 0 bridgehead atoms. The number of nitrogens with one attached hydrogen (secondary N) is 1. The second-order valence-corrected chi connectivity index (χ2v) is 6.03. The molecular formula is C18H20FN5O2. The zero-order valence-electron chi connectivity index (χ0n) is 14.4. The molecular weight excluding hydrogens is 337 g/mol. The second kappa shape index (κ2) is 7.81. The smallest absolute Gasteiger partial charge is 0.321 e. The van der Waals surface area contributed by atoms with Gasteiger partial charge in [-0.15, -0.1) is 0 Å². The summed E-state index contributed by atoms with van der Waals surface area (Å²) in [5.74, 6) is -0.443. The van der Waals surface area contributed by atoms with Crippen LogP contribution in [0.1, 0.15) is 5.56 Å². The van der Waals surface area contributed by atoms with E-state index in [1.165, 1.54) is 30.3 Å². The highest BCUT2D eigenvalue weighted by Crippen LogP contribution is 2.11. The van der Waals surface area contributed by atoms with Crippen LogP contribution in [0.15, 0.2) is 42.7 Å². The number of aryl methyl sites for hydroxylation is 1. The van der Waals surface area contributed by atoms with Gasteiger partial charge in [-0.3, -0.25) is 9.48 Å². The number of halogens is 1. The molecule has 0 atom stereocenters. The highest BCUT2D eigenvalue weighted by Gasteiger charge is 2.23. The van der Waals surface area contributed by atoms with Gasteiger partial charge in [0.25, 0.3) is 0 Å². The highest BCUT2D eigenvalue weighted by atomic mass is 19.1. The Kier molecular flexibility index (Phi) is 5.31. The average Bonchev–Trinajstić information content (AvgIpc) is 3.07. The number of amides is 3. The Labute approximate surface area is 150 Å². The Morgan fingerprint density at radius 2 is 1.77 bits per heavy atom. The van der Waals surface area contributed by atoms with Crippen molar-refractivity contribution in [2.45, 2.75) is 0 Å². The first-order chi connectivity index (χ1) is 12.5. The summed E-state index contributed by atoms with van der Waals surface area (Å²) in [5.41, 5.74) is 1.40. The van der Waals surface area contributed by atoms with E-state index in [4.69, 9.17) is 0 Å². The summed E-state index contributed by atoms with van der Waals surface area (Å²) >= 11 is 0. The highest BCUT2D eigenvalue weighted by molar-refractivity contribution is 5.92. The van der Waals surface area contributed by atoms with Crippen molar-refractivity contribution in [3.05, 3.63) is 54.1 Å². The van der Waals surface area contributed by atoms with Crippen molar-refractivity contribution in [3.8, 4) is 0 Å². The Bertz CT molecular complexity index is 807. The summed E-state index contributed by atoms with van der Waals surface area (Å²) in [6.45, 7) is 1.82. The maximum atomic E-state index is 12.9. The maximum Gasteiger partial charge on any atom is 0.321 e. The van der Waals surface area contributed by atoms with Crippen LogP contribution in [0.4, 0.5) is 14.9 Å². The van der Waals surface area contributed by atoms with E-state index in [0.29, 0.717) is 31.9 Å². The van der Waals surface area contributed by atoms with Gasteiger partial charge in [-0.1, -0.05) is 0 Å². The molecule has 1 saturated heterocycles. The van der Waals surface area contributed by atoms with Gasteiger partial charge in [-0.25, -0.2) is 9.18 Å². The van der Waals surface area contributed by atoms with Gasteiger partial charge in [0.15, 0.2) is 0 Å². The predicted molar refractivity (Wildman–Crippen MR) is 95.8 cm³/mol. The van der Waals surface area contributed by atoms with Gasteiger partial charge < -0.3 is 15.1 Å². The molecule has 1 aliphatic rings. The second-order valence-electron chi connectivity index (χ2n) is 6.03. The first-order valence-corrected chi connectivity index (χ1v) is 8.28.